The van der Waals surface area contributed by atoms with Crippen LogP contribution in [0.3, 0.4) is 0 Å². The average Bonchev–Trinajstić information content (AvgIpc) is 3.38. The molecule has 2 aliphatic heterocycles. The summed E-state index contributed by atoms with van der Waals surface area (Å²) < 4.78 is 11.1. The largest absolute Gasteiger partial charge is 0.466 e. The summed E-state index contributed by atoms with van der Waals surface area (Å²) in [6, 6.07) is 3.80. The van der Waals surface area contributed by atoms with Crippen LogP contribution < -0.4 is 5.32 Å². The molecule has 7 heteroatoms. The normalized spacial score (nSPS) is 22.0. The number of hydrogen-bond donors (Lipinski definition) is 1. The van der Waals surface area contributed by atoms with Gasteiger partial charge in [-0.15, -0.1) is 0 Å². The van der Waals surface area contributed by atoms with Gasteiger partial charge in [-0.3, -0.25) is 4.79 Å². The lowest BCUT2D eigenvalue weighted by atomic mass is 10.0. The predicted octanol–water partition coefficient (Wildman–Crippen LogP) is 2.70. The molecule has 2 aliphatic rings. The summed E-state index contributed by atoms with van der Waals surface area (Å²) in [5, 5.41) is 8.16. The number of pyridine rings is 1. The molecule has 0 bridgehead atoms. The van der Waals surface area contributed by atoms with Crippen LogP contribution in [0.2, 0.25) is 0 Å². The van der Waals surface area contributed by atoms with E-state index in [9.17, 15) is 4.79 Å². The third-order valence-corrected chi connectivity index (χ3v) is 5.84. The van der Waals surface area contributed by atoms with Crippen molar-refractivity contribution in [2.24, 2.45) is 11.8 Å². The standard InChI is InChI=1S/C20H22N4O3/c1-10-4-15(12(3)26-10)17-5-16(18-11(2)23-27-19(18)22-17)20(25)24-8-13-6-21-7-14(13)9-24/h4-5,13-14,21H,6-9H2,1-3H3/t13-,14+. The molecule has 0 unspecified atom stereocenters. The van der Waals surface area contributed by atoms with Gasteiger partial charge >= 0.3 is 0 Å². The zero-order chi connectivity index (χ0) is 18.7. The number of aryl methyl sites for hydroxylation is 3. The predicted molar refractivity (Wildman–Crippen MR) is 99.5 cm³/mol. The highest BCUT2D eigenvalue weighted by molar-refractivity contribution is 6.07. The smallest absolute Gasteiger partial charge is 0.259 e. The van der Waals surface area contributed by atoms with Crippen LogP contribution in [0, 0.1) is 32.6 Å². The van der Waals surface area contributed by atoms with E-state index >= 15 is 0 Å². The fraction of sp³-hybridized carbons (Fsp3) is 0.450. The minimum absolute atomic E-state index is 0.0298. The van der Waals surface area contributed by atoms with Gasteiger partial charge in [0, 0.05) is 31.7 Å². The number of nitrogens with zero attached hydrogens (tertiary/aromatic N) is 3. The number of nitrogens with one attached hydrogen (secondary N) is 1. The highest BCUT2D eigenvalue weighted by Gasteiger charge is 2.39. The number of rotatable bonds is 2. The first-order valence-electron chi connectivity index (χ1n) is 9.35. The van der Waals surface area contributed by atoms with E-state index in [4.69, 9.17) is 8.94 Å². The number of likely N-dealkylation sites (tertiary alicyclic amines) is 1. The molecule has 2 fully saturated rings. The average molecular weight is 366 g/mol. The van der Waals surface area contributed by atoms with Crippen molar-refractivity contribution in [3.63, 3.8) is 0 Å². The molecular weight excluding hydrogens is 344 g/mol. The number of carbonyl (C=O) groups is 1. The molecule has 1 N–H and O–H groups in total. The number of carbonyl (C=O) groups excluding carboxylic acids is 1. The summed E-state index contributed by atoms with van der Waals surface area (Å²) in [6.45, 7) is 9.22. The van der Waals surface area contributed by atoms with E-state index in [2.05, 4.69) is 15.5 Å². The lowest BCUT2D eigenvalue weighted by Gasteiger charge is -2.18. The van der Waals surface area contributed by atoms with Gasteiger partial charge in [0.15, 0.2) is 0 Å². The van der Waals surface area contributed by atoms with Crippen molar-refractivity contribution < 1.29 is 13.7 Å². The zero-order valence-corrected chi connectivity index (χ0v) is 15.7. The fourth-order valence-corrected chi connectivity index (χ4v) is 4.48. The second-order valence-corrected chi connectivity index (χ2v) is 7.72. The highest BCUT2D eigenvalue weighted by Crippen LogP contribution is 2.33. The Morgan fingerprint density at radius 1 is 1.19 bits per heavy atom. The van der Waals surface area contributed by atoms with Crippen LogP contribution in [-0.2, 0) is 0 Å². The summed E-state index contributed by atoms with van der Waals surface area (Å²) in [4.78, 5) is 20.0. The Bertz CT molecular complexity index is 1040. The van der Waals surface area contributed by atoms with Crippen LogP contribution in [0.15, 0.2) is 21.1 Å². The van der Waals surface area contributed by atoms with Crippen molar-refractivity contribution in [3.8, 4) is 11.3 Å². The van der Waals surface area contributed by atoms with Gasteiger partial charge in [0.1, 0.15) is 11.5 Å². The summed E-state index contributed by atoms with van der Waals surface area (Å²) in [5.41, 5.74) is 3.25. The SMILES string of the molecule is Cc1cc(-c2cc(C(=O)N3C[C@H]4CNC[C@H]4C3)c3c(C)noc3n2)c(C)o1. The minimum atomic E-state index is 0.0298. The van der Waals surface area contributed by atoms with Gasteiger partial charge in [-0.1, -0.05) is 5.16 Å². The molecule has 3 aromatic heterocycles. The summed E-state index contributed by atoms with van der Waals surface area (Å²) in [5.74, 6) is 2.71. The molecule has 2 saturated heterocycles. The summed E-state index contributed by atoms with van der Waals surface area (Å²) >= 11 is 0. The van der Waals surface area contributed by atoms with Gasteiger partial charge < -0.3 is 19.2 Å². The van der Waals surface area contributed by atoms with Gasteiger partial charge in [0.05, 0.1) is 22.3 Å². The molecule has 27 heavy (non-hydrogen) atoms. The van der Waals surface area contributed by atoms with Crippen LogP contribution in [-0.4, -0.2) is 47.1 Å². The van der Waals surface area contributed by atoms with Crippen molar-refractivity contribution >= 4 is 17.0 Å². The molecule has 5 heterocycles. The first kappa shape index (κ1) is 16.5. The van der Waals surface area contributed by atoms with Crippen LogP contribution >= 0.6 is 0 Å². The fourth-order valence-electron chi connectivity index (χ4n) is 4.48. The molecule has 0 radical (unpaired) electrons. The maximum Gasteiger partial charge on any atom is 0.259 e. The van der Waals surface area contributed by atoms with E-state index in [-0.39, 0.29) is 5.91 Å². The van der Waals surface area contributed by atoms with Crippen LogP contribution in [0.5, 0.6) is 0 Å². The Labute approximate surface area is 156 Å². The van der Waals surface area contributed by atoms with E-state index in [0.717, 1.165) is 43.3 Å². The van der Waals surface area contributed by atoms with Crippen molar-refractivity contribution in [3.05, 3.63) is 34.9 Å². The Hall–Kier alpha value is -2.67. The number of amides is 1. The number of fused-ring (bicyclic) bond motifs is 2. The topological polar surface area (TPSA) is 84.4 Å². The van der Waals surface area contributed by atoms with Crippen LogP contribution in [0.4, 0.5) is 0 Å². The maximum absolute atomic E-state index is 13.4. The summed E-state index contributed by atoms with van der Waals surface area (Å²) in [6.07, 6.45) is 0. The van der Waals surface area contributed by atoms with E-state index in [1.807, 2.05) is 37.8 Å². The van der Waals surface area contributed by atoms with Crippen LogP contribution in [0.1, 0.15) is 27.6 Å². The molecule has 1 amide bonds. The molecule has 0 aliphatic carbocycles. The molecule has 0 spiro atoms. The molecule has 2 atom stereocenters. The Balaban J connectivity index is 1.61. The van der Waals surface area contributed by atoms with Gasteiger partial charge in [-0.05, 0) is 44.7 Å². The van der Waals surface area contributed by atoms with E-state index < -0.39 is 0 Å². The summed E-state index contributed by atoms with van der Waals surface area (Å²) in [7, 11) is 0. The number of furan rings is 1. The highest BCUT2D eigenvalue weighted by atomic mass is 16.5. The first-order valence-corrected chi connectivity index (χ1v) is 9.35. The maximum atomic E-state index is 13.4. The molecule has 3 aromatic rings. The van der Waals surface area contributed by atoms with E-state index in [1.165, 1.54) is 0 Å². The van der Waals surface area contributed by atoms with Crippen LogP contribution in [0.25, 0.3) is 22.4 Å². The monoisotopic (exact) mass is 366 g/mol. The molecular formula is C20H22N4O3. The molecule has 0 aromatic carbocycles. The third kappa shape index (κ3) is 2.56. The zero-order valence-electron chi connectivity index (χ0n) is 15.7. The molecule has 0 saturated carbocycles. The van der Waals surface area contributed by atoms with Crippen molar-refractivity contribution in [1.82, 2.24) is 20.4 Å². The number of hydrogen-bond acceptors (Lipinski definition) is 6. The van der Waals surface area contributed by atoms with Crippen molar-refractivity contribution in [2.45, 2.75) is 20.8 Å². The first-order chi connectivity index (χ1) is 13.0. The van der Waals surface area contributed by atoms with Gasteiger partial charge in [0.2, 0.25) is 0 Å². The Morgan fingerprint density at radius 2 is 1.93 bits per heavy atom. The quantitative estimate of drug-likeness (QED) is 0.751. The Kier molecular flexibility index (Phi) is 3.62. The minimum Gasteiger partial charge on any atom is -0.466 e. The molecule has 140 valence electrons. The lowest BCUT2D eigenvalue weighted by molar-refractivity contribution is 0.0783. The van der Waals surface area contributed by atoms with Gasteiger partial charge in [-0.2, -0.15) is 0 Å². The second kappa shape index (κ2) is 5.92. The van der Waals surface area contributed by atoms with Gasteiger partial charge in [0.25, 0.3) is 11.6 Å². The second-order valence-electron chi connectivity index (χ2n) is 7.72. The van der Waals surface area contributed by atoms with E-state index in [1.54, 1.807) is 0 Å². The van der Waals surface area contributed by atoms with Crippen molar-refractivity contribution in [2.75, 3.05) is 26.2 Å². The molecule has 5 rings (SSSR count). The Morgan fingerprint density at radius 3 is 2.59 bits per heavy atom. The van der Waals surface area contributed by atoms with E-state index in [0.29, 0.717) is 39.9 Å². The lowest BCUT2D eigenvalue weighted by Crippen LogP contribution is -2.32. The van der Waals surface area contributed by atoms with Gasteiger partial charge in [-0.25, -0.2) is 4.98 Å². The number of aromatic nitrogens is 2. The third-order valence-electron chi connectivity index (χ3n) is 5.84. The van der Waals surface area contributed by atoms with Crippen molar-refractivity contribution in [1.29, 1.82) is 0 Å². The molecule has 7 nitrogen and oxygen atoms in total.